The second kappa shape index (κ2) is 8.19. The maximum absolute atomic E-state index is 12.5. The first-order valence-corrected chi connectivity index (χ1v) is 10.2. The average molecular weight is 398 g/mol. The number of methoxy groups -OCH3 is 1. The van der Waals surface area contributed by atoms with Crippen LogP contribution in [0.5, 0.6) is 0 Å². The molecule has 1 N–H and O–H groups in total. The first-order valence-electron chi connectivity index (χ1n) is 8.24. The quantitative estimate of drug-likeness (QED) is 0.384. The van der Waals surface area contributed by atoms with Gasteiger partial charge in [0.05, 0.1) is 13.7 Å². The van der Waals surface area contributed by atoms with E-state index in [-0.39, 0.29) is 24.4 Å². The second-order valence-corrected chi connectivity index (χ2v) is 8.39. The Kier molecular flexibility index (Phi) is 5.94. The number of carbonyl (C=O) groups excluding carboxylic acids is 4. The van der Waals surface area contributed by atoms with E-state index in [0.717, 1.165) is 25.3 Å². The van der Waals surface area contributed by atoms with E-state index >= 15 is 0 Å². The molecule has 1 aromatic heterocycles. The molecule has 0 spiro atoms. The smallest absolute Gasteiger partial charge is 0.338 e. The molecule has 2 aliphatic heterocycles. The van der Waals surface area contributed by atoms with Gasteiger partial charge in [-0.1, -0.05) is 6.07 Å². The van der Waals surface area contributed by atoms with Crippen LogP contribution in [0.1, 0.15) is 4.88 Å². The molecule has 1 aromatic rings. The molecule has 10 heteroatoms. The molecule has 0 bridgehead atoms. The number of rotatable bonds is 6. The Morgan fingerprint density at radius 2 is 2.08 bits per heavy atom. The van der Waals surface area contributed by atoms with Gasteiger partial charge in [-0.25, -0.2) is 9.69 Å². The summed E-state index contributed by atoms with van der Waals surface area (Å²) in [4.78, 5) is 52.6. The Labute approximate surface area is 159 Å². The number of imide groups is 2. The molecule has 2 fully saturated rings. The molecule has 2 aliphatic rings. The van der Waals surface area contributed by atoms with Crippen LogP contribution < -0.4 is 4.90 Å². The highest BCUT2D eigenvalue weighted by Crippen LogP contribution is 2.16. The van der Waals surface area contributed by atoms with Crippen molar-refractivity contribution in [3.63, 3.8) is 0 Å². The maximum Gasteiger partial charge on any atom is 0.338 e. The van der Waals surface area contributed by atoms with Crippen molar-refractivity contribution in [3.8, 4) is 0 Å². The summed E-state index contributed by atoms with van der Waals surface area (Å²) >= 11 is 3.05. The average Bonchev–Trinajstić information content (AvgIpc) is 3.24. The molecule has 0 aliphatic carbocycles. The summed E-state index contributed by atoms with van der Waals surface area (Å²) in [6.45, 7) is 1.44. The van der Waals surface area contributed by atoms with Crippen LogP contribution in [0.3, 0.4) is 0 Å². The number of urea groups is 1. The van der Waals surface area contributed by atoms with Gasteiger partial charge in [-0.05, 0) is 11.4 Å². The Hall–Kier alpha value is -1.91. The van der Waals surface area contributed by atoms with E-state index < -0.39 is 17.8 Å². The summed E-state index contributed by atoms with van der Waals surface area (Å²) < 4.78 is 4.77. The SMILES string of the molecule is COC(=O)[C@@H]1C[NH+](CN2C(=O)C(=O)N(CCc3cccs3)C2=O)CCS1. The van der Waals surface area contributed by atoms with Crippen molar-refractivity contribution in [2.24, 2.45) is 0 Å². The Balaban J connectivity index is 1.61. The molecule has 2 saturated heterocycles. The predicted molar refractivity (Wildman–Crippen MR) is 95.8 cm³/mol. The highest BCUT2D eigenvalue weighted by Gasteiger charge is 2.46. The number of hydrogen-bond acceptors (Lipinski definition) is 7. The van der Waals surface area contributed by atoms with Gasteiger partial charge in [-0.2, -0.15) is 0 Å². The first kappa shape index (κ1) is 18.9. The van der Waals surface area contributed by atoms with Crippen LogP contribution in [-0.4, -0.2) is 78.0 Å². The van der Waals surface area contributed by atoms with Gasteiger partial charge in [0.2, 0.25) is 0 Å². The Bertz CT molecular complexity index is 709. The lowest BCUT2D eigenvalue weighted by Gasteiger charge is -2.29. The minimum absolute atomic E-state index is 0.0902. The highest BCUT2D eigenvalue weighted by molar-refractivity contribution is 8.00. The summed E-state index contributed by atoms with van der Waals surface area (Å²) in [5, 5.41) is 1.61. The third kappa shape index (κ3) is 3.92. The fourth-order valence-electron chi connectivity index (χ4n) is 2.98. The minimum atomic E-state index is -0.790. The van der Waals surface area contributed by atoms with E-state index in [0.29, 0.717) is 19.5 Å². The molecule has 3 heterocycles. The number of amides is 4. The zero-order chi connectivity index (χ0) is 18.7. The molecular formula is C16H20N3O5S2+. The third-order valence-corrected chi connectivity index (χ3v) is 6.53. The summed E-state index contributed by atoms with van der Waals surface area (Å²) in [6, 6.07) is 3.26. The van der Waals surface area contributed by atoms with Crippen LogP contribution >= 0.6 is 23.1 Å². The predicted octanol–water partition coefficient (Wildman–Crippen LogP) is -0.788. The normalized spacial score (nSPS) is 23.7. The molecule has 26 heavy (non-hydrogen) atoms. The molecule has 3 rings (SSSR count). The summed E-state index contributed by atoms with van der Waals surface area (Å²) in [7, 11) is 1.34. The Morgan fingerprint density at radius 1 is 1.31 bits per heavy atom. The van der Waals surface area contributed by atoms with Crippen LogP contribution in [0.15, 0.2) is 17.5 Å². The zero-order valence-electron chi connectivity index (χ0n) is 14.3. The number of ether oxygens (including phenoxy) is 1. The van der Waals surface area contributed by atoms with Gasteiger partial charge in [0.25, 0.3) is 0 Å². The summed E-state index contributed by atoms with van der Waals surface area (Å²) in [5.74, 6) is -1.15. The number of nitrogens with zero attached hydrogens (tertiary/aromatic N) is 2. The van der Waals surface area contributed by atoms with Gasteiger partial charge >= 0.3 is 23.8 Å². The molecule has 4 amide bonds. The van der Waals surface area contributed by atoms with Crippen molar-refractivity contribution in [2.45, 2.75) is 11.7 Å². The molecule has 140 valence electrons. The highest BCUT2D eigenvalue weighted by atomic mass is 32.2. The third-order valence-electron chi connectivity index (χ3n) is 4.39. The number of nitrogens with one attached hydrogen (secondary N) is 1. The van der Waals surface area contributed by atoms with Crippen molar-refractivity contribution in [3.05, 3.63) is 22.4 Å². The molecule has 0 radical (unpaired) electrons. The molecule has 0 saturated carbocycles. The fraction of sp³-hybridized carbons (Fsp3) is 0.500. The van der Waals surface area contributed by atoms with E-state index in [2.05, 4.69) is 0 Å². The number of thiophene rings is 1. The number of carbonyl (C=O) groups is 4. The van der Waals surface area contributed by atoms with Gasteiger partial charge in [0, 0.05) is 23.6 Å². The standard InChI is InChI=1S/C16H19N3O5S2/c1-24-15(22)12-9-17(6-8-26-12)10-19-14(21)13(20)18(16(19)23)5-4-11-3-2-7-25-11/h2-3,7,12H,4-6,8-10H2,1H3/p+1/t12-/m0/s1. The van der Waals surface area contributed by atoms with Crippen LogP contribution in [0.4, 0.5) is 4.79 Å². The maximum atomic E-state index is 12.5. The molecule has 8 nitrogen and oxygen atoms in total. The van der Waals surface area contributed by atoms with E-state index in [4.69, 9.17) is 4.74 Å². The topological polar surface area (TPSA) is 88.4 Å². The fourth-order valence-corrected chi connectivity index (χ4v) is 4.96. The van der Waals surface area contributed by atoms with Crippen LogP contribution in [0.25, 0.3) is 0 Å². The lowest BCUT2D eigenvalue weighted by Crippen LogP contribution is -3.16. The monoisotopic (exact) mass is 398 g/mol. The summed E-state index contributed by atoms with van der Waals surface area (Å²) in [5.41, 5.74) is 0. The van der Waals surface area contributed by atoms with Gasteiger partial charge in [-0.3, -0.25) is 19.3 Å². The van der Waals surface area contributed by atoms with Crippen molar-refractivity contribution in [1.82, 2.24) is 9.80 Å². The first-order chi connectivity index (χ1) is 12.5. The van der Waals surface area contributed by atoms with Gasteiger partial charge in [0.15, 0.2) is 11.9 Å². The molecule has 0 aromatic carbocycles. The van der Waals surface area contributed by atoms with E-state index in [1.165, 1.54) is 18.9 Å². The van der Waals surface area contributed by atoms with Crippen molar-refractivity contribution in [1.29, 1.82) is 0 Å². The zero-order valence-corrected chi connectivity index (χ0v) is 15.9. The van der Waals surface area contributed by atoms with Crippen molar-refractivity contribution in [2.75, 3.05) is 39.2 Å². The molecular weight excluding hydrogens is 378 g/mol. The number of esters is 1. The van der Waals surface area contributed by atoms with Crippen LogP contribution in [0, 0.1) is 0 Å². The Morgan fingerprint density at radius 3 is 2.77 bits per heavy atom. The number of thioether (sulfide) groups is 1. The summed E-state index contributed by atoms with van der Waals surface area (Å²) in [6.07, 6.45) is 0.536. The largest absolute Gasteiger partial charge is 0.468 e. The van der Waals surface area contributed by atoms with Crippen molar-refractivity contribution >= 4 is 46.9 Å². The molecule has 2 atom stereocenters. The number of quaternary nitrogens is 1. The van der Waals surface area contributed by atoms with E-state index in [9.17, 15) is 19.2 Å². The van der Waals surface area contributed by atoms with E-state index in [1.807, 2.05) is 17.5 Å². The lowest BCUT2D eigenvalue weighted by molar-refractivity contribution is -0.905. The van der Waals surface area contributed by atoms with Gasteiger partial charge < -0.3 is 9.64 Å². The van der Waals surface area contributed by atoms with Crippen molar-refractivity contribution < 1.29 is 28.8 Å². The lowest BCUT2D eigenvalue weighted by atomic mass is 10.3. The van der Waals surface area contributed by atoms with E-state index in [1.54, 1.807) is 11.3 Å². The van der Waals surface area contributed by atoms with Gasteiger partial charge in [0.1, 0.15) is 6.54 Å². The number of hydrogen-bond donors (Lipinski definition) is 1. The molecule has 1 unspecified atom stereocenters. The van der Waals surface area contributed by atoms with Crippen LogP contribution in [0.2, 0.25) is 0 Å². The minimum Gasteiger partial charge on any atom is -0.468 e. The van der Waals surface area contributed by atoms with Crippen LogP contribution in [-0.2, 0) is 25.5 Å². The second-order valence-electron chi connectivity index (χ2n) is 6.05. The van der Waals surface area contributed by atoms with Gasteiger partial charge in [-0.15, -0.1) is 23.1 Å².